The molecule has 0 N–H and O–H groups in total. The summed E-state index contributed by atoms with van der Waals surface area (Å²) in [7, 11) is -0.495. The fourth-order valence-corrected chi connectivity index (χ4v) is 4.72. The van der Waals surface area contributed by atoms with Gasteiger partial charge in [-0.3, -0.25) is 9.11 Å². The molecule has 1 atom stereocenters. The van der Waals surface area contributed by atoms with Gasteiger partial charge in [-0.15, -0.1) is 0 Å². The standard InChI is InChI=1S/C10H17NO2S/c12-14-7-10(8-14)2-3-11(6-10)9-1-4-13-5-9/h9H,1-8H2. The van der Waals surface area contributed by atoms with Crippen LogP contribution in [0.5, 0.6) is 0 Å². The van der Waals surface area contributed by atoms with Crippen molar-refractivity contribution < 1.29 is 8.95 Å². The molecule has 0 bridgehead atoms. The molecule has 3 fully saturated rings. The molecule has 14 heavy (non-hydrogen) atoms. The van der Waals surface area contributed by atoms with E-state index in [1.165, 1.54) is 25.9 Å². The van der Waals surface area contributed by atoms with Crippen LogP contribution in [0.25, 0.3) is 0 Å². The van der Waals surface area contributed by atoms with Crippen LogP contribution in [0.2, 0.25) is 0 Å². The Morgan fingerprint density at radius 3 is 2.93 bits per heavy atom. The van der Waals surface area contributed by atoms with E-state index < -0.39 is 10.8 Å². The van der Waals surface area contributed by atoms with Gasteiger partial charge in [0.05, 0.1) is 6.61 Å². The number of hydrogen-bond donors (Lipinski definition) is 0. The largest absolute Gasteiger partial charge is 0.380 e. The van der Waals surface area contributed by atoms with Gasteiger partial charge in [0.1, 0.15) is 0 Å². The topological polar surface area (TPSA) is 29.5 Å². The Kier molecular flexibility index (Phi) is 2.18. The molecule has 0 aliphatic carbocycles. The third kappa shape index (κ3) is 1.44. The summed E-state index contributed by atoms with van der Waals surface area (Å²) in [5.74, 6) is 1.91. The van der Waals surface area contributed by atoms with Crippen LogP contribution in [0.1, 0.15) is 12.8 Å². The fraction of sp³-hybridized carbons (Fsp3) is 1.00. The first-order valence-corrected chi connectivity index (χ1v) is 6.93. The predicted octanol–water partition coefficient (Wildman–Crippen LogP) is 0.230. The second-order valence-corrected chi connectivity index (χ2v) is 6.42. The van der Waals surface area contributed by atoms with Crippen molar-refractivity contribution in [2.24, 2.45) is 5.41 Å². The van der Waals surface area contributed by atoms with Crippen molar-refractivity contribution in [2.45, 2.75) is 18.9 Å². The number of nitrogens with zero attached hydrogens (tertiary/aromatic N) is 1. The molecule has 3 saturated heterocycles. The Labute approximate surface area is 87.3 Å². The van der Waals surface area contributed by atoms with E-state index in [2.05, 4.69) is 4.90 Å². The molecule has 0 aromatic carbocycles. The van der Waals surface area contributed by atoms with Gasteiger partial charge in [0.2, 0.25) is 0 Å². The van der Waals surface area contributed by atoms with Crippen LogP contribution in [0.3, 0.4) is 0 Å². The summed E-state index contributed by atoms with van der Waals surface area (Å²) in [6.07, 6.45) is 2.45. The molecule has 3 nitrogen and oxygen atoms in total. The number of hydrogen-bond acceptors (Lipinski definition) is 3. The van der Waals surface area contributed by atoms with Crippen molar-refractivity contribution in [3.8, 4) is 0 Å². The smallest absolute Gasteiger partial charge is 0.0622 e. The number of rotatable bonds is 1. The Hall–Kier alpha value is 0.0700. The lowest BCUT2D eigenvalue weighted by molar-refractivity contribution is 0.152. The lowest BCUT2D eigenvalue weighted by Gasteiger charge is -2.37. The zero-order valence-corrected chi connectivity index (χ0v) is 9.22. The first-order valence-electron chi connectivity index (χ1n) is 5.44. The molecule has 3 aliphatic rings. The second kappa shape index (κ2) is 3.29. The molecule has 0 saturated carbocycles. The maximum atomic E-state index is 11.2. The molecule has 0 aromatic rings. The molecular weight excluding hydrogens is 198 g/mol. The number of likely N-dealkylation sites (tertiary alicyclic amines) is 1. The van der Waals surface area contributed by atoms with Gasteiger partial charge in [-0.25, -0.2) is 0 Å². The molecule has 0 amide bonds. The molecular formula is C10H17NO2S. The van der Waals surface area contributed by atoms with E-state index in [4.69, 9.17) is 4.74 Å². The van der Waals surface area contributed by atoms with E-state index in [1.54, 1.807) is 0 Å². The van der Waals surface area contributed by atoms with E-state index in [0.29, 0.717) is 11.5 Å². The minimum Gasteiger partial charge on any atom is -0.380 e. The summed E-state index contributed by atoms with van der Waals surface area (Å²) in [6, 6.07) is 0.656. The highest BCUT2D eigenvalue weighted by Gasteiger charge is 2.48. The van der Waals surface area contributed by atoms with Crippen LogP contribution in [-0.4, -0.2) is 53.0 Å². The summed E-state index contributed by atoms with van der Waals surface area (Å²) < 4.78 is 16.6. The molecule has 1 spiro atoms. The van der Waals surface area contributed by atoms with Gasteiger partial charge in [-0.05, 0) is 19.4 Å². The van der Waals surface area contributed by atoms with Gasteiger partial charge in [0, 0.05) is 46.9 Å². The van der Waals surface area contributed by atoms with Crippen molar-refractivity contribution >= 4 is 10.8 Å². The highest BCUT2D eigenvalue weighted by molar-refractivity contribution is 7.86. The minimum atomic E-state index is -0.495. The van der Waals surface area contributed by atoms with E-state index in [9.17, 15) is 4.21 Å². The maximum Gasteiger partial charge on any atom is 0.0622 e. The van der Waals surface area contributed by atoms with Crippen LogP contribution in [0.4, 0.5) is 0 Å². The lowest BCUT2D eigenvalue weighted by atomic mass is 9.91. The predicted molar refractivity (Wildman–Crippen MR) is 55.7 cm³/mol. The average Bonchev–Trinajstić information content (AvgIpc) is 2.68. The zero-order valence-electron chi connectivity index (χ0n) is 8.41. The molecule has 0 aromatic heterocycles. The van der Waals surface area contributed by atoms with Crippen LogP contribution >= 0.6 is 0 Å². The highest BCUT2D eigenvalue weighted by Crippen LogP contribution is 2.40. The Morgan fingerprint density at radius 1 is 1.43 bits per heavy atom. The molecule has 4 heteroatoms. The van der Waals surface area contributed by atoms with Crippen LogP contribution in [0.15, 0.2) is 0 Å². The van der Waals surface area contributed by atoms with Crippen LogP contribution in [0, 0.1) is 5.41 Å². The van der Waals surface area contributed by atoms with E-state index in [0.717, 1.165) is 24.7 Å². The summed E-state index contributed by atoms with van der Waals surface area (Å²) in [5, 5.41) is 0. The van der Waals surface area contributed by atoms with Gasteiger partial charge in [0.25, 0.3) is 0 Å². The number of ether oxygens (including phenoxy) is 1. The van der Waals surface area contributed by atoms with Gasteiger partial charge >= 0.3 is 0 Å². The summed E-state index contributed by atoms with van der Waals surface area (Å²) in [5.41, 5.74) is 0.438. The second-order valence-electron chi connectivity index (χ2n) is 4.97. The SMILES string of the molecule is O=S1CC2(CCN(C3CCOC3)C2)C1. The molecule has 3 aliphatic heterocycles. The normalized spacial score (nSPS) is 48.6. The van der Waals surface area contributed by atoms with Crippen molar-refractivity contribution in [2.75, 3.05) is 37.8 Å². The summed E-state index contributed by atoms with van der Waals surface area (Å²) >= 11 is 0. The lowest BCUT2D eigenvalue weighted by Crippen LogP contribution is -2.47. The summed E-state index contributed by atoms with van der Waals surface area (Å²) in [6.45, 7) is 4.22. The van der Waals surface area contributed by atoms with Crippen molar-refractivity contribution in [3.63, 3.8) is 0 Å². The highest BCUT2D eigenvalue weighted by atomic mass is 32.2. The fourth-order valence-electron chi connectivity index (χ4n) is 2.97. The van der Waals surface area contributed by atoms with E-state index >= 15 is 0 Å². The van der Waals surface area contributed by atoms with E-state index in [-0.39, 0.29) is 0 Å². The van der Waals surface area contributed by atoms with Gasteiger partial charge in [-0.1, -0.05) is 0 Å². The Morgan fingerprint density at radius 2 is 2.29 bits per heavy atom. The van der Waals surface area contributed by atoms with E-state index in [1.807, 2.05) is 0 Å². The van der Waals surface area contributed by atoms with Crippen molar-refractivity contribution in [1.82, 2.24) is 4.90 Å². The van der Waals surface area contributed by atoms with Crippen molar-refractivity contribution in [3.05, 3.63) is 0 Å². The van der Waals surface area contributed by atoms with Crippen molar-refractivity contribution in [1.29, 1.82) is 0 Å². The van der Waals surface area contributed by atoms with Gasteiger partial charge in [0.15, 0.2) is 0 Å². The monoisotopic (exact) mass is 215 g/mol. The Bertz CT molecular complexity index is 255. The quantitative estimate of drug-likeness (QED) is 0.627. The first kappa shape index (κ1) is 9.31. The molecule has 1 unspecified atom stereocenters. The first-order chi connectivity index (χ1) is 6.77. The molecule has 3 heterocycles. The van der Waals surface area contributed by atoms with Gasteiger partial charge in [-0.2, -0.15) is 0 Å². The molecule has 80 valence electrons. The minimum absolute atomic E-state index is 0.438. The zero-order chi connectivity index (χ0) is 9.60. The average molecular weight is 215 g/mol. The molecule has 0 radical (unpaired) electrons. The molecule has 3 rings (SSSR count). The third-order valence-corrected chi connectivity index (χ3v) is 5.69. The van der Waals surface area contributed by atoms with Crippen LogP contribution in [-0.2, 0) is 15.5 Å². The van der Waals surface area contributed by atoms with Gasteiger partial charge < -0.3 is 4.74 Å². The Balaban J connectivity index is 1.61. The van der Waals surface area contributed by atoms with Crippen LogP contribution < -0.4 is 0 Å². The maximum absolute atomic E-state index is 11.2. The third-order valence-electron chi connectivity index (χ3n) is 3.82. The summed E-state index contributed by atoms with van der Waals surface area (Å²) in [4.78, 5) is 2.56.